The monoisotopic (exact) mass is 429 g/mol. The Labute approximate surface area is 174 Å². The number of nitrogens with zero attached hydrogens (tertiary/aromatic N) is 1. The molecule has 0 bridgehead atoms. The number of aryl methyl sites for hydroxylation is 2. The fraction of sp³-hybridized carbons (Fsp3) is 0.238. The first-order valence-corrected chi connectivity index (χ1v) is 11.6. The van der Waals surface area contributed by atoms with Crippen molar-refractivity contribution in [2.24, 2.45) is 5.14 Å². The fourth-order valence-electron chi connectivity index (χ4n) is 2.98. The molecule has 3 aromatic rings. The molecule has 6 nitrogen and oxygen atoms in total. The Kier molecular flexibility index (Phi) is 6.46. The van der Waals surface area contributed by atoms with Gasteiger partial charge in [-0.15, -0.1) is 11.3 Å². The zero-order valence-corrected chi connectivity index (χ0v) is 17.9. The lowest BCUT2D eigenvalue weighted by atomic mass is 10.1. The van der Waals surface area contributed by atoms with Crippen molar-refractivity contribution in [3.63, 3.8) is 0 Å². The third kappa shape index (κ3) is 5.50. The maximum Gasteiger partial charge on any atom is 0.238 e. The summed E-state index contributed by atoms with van der Waals surface area (Å²) in [6.07, 6.45) is 2.27. The Morgan fingerprint density at radius 1 is 1.07 bits per heavy atom. The fourth-order valence-corrected chi connectivity index (χ4v) is 4.35. The Hall–Kier alpha value is -2.55. The van der Waals surface area contributed by atoms with Crippen molar-refractivity contribution in [2.45, 2.75) is 38.0 Å². The number of carbonyl (C=O) groups excluding carboxylic acids is 1. The van der Waals surface area contributed by atoms with Crippen LogP contribution in [0.15, 0.2) is 53.4 Å². The van der Waals surface area contributed by atoms with Gasteiger partial charge in [-0.3, -0.25) is 4.79 Å². The van der Waals surface area contributed by atoms with Crippen molar-refractivity contribution < 1.29 is 13.2 Å². The number of hydrogen-bond acceptors (Lipinski definition) is 5. The average molecular weight is 430 g/mol. The van der Waals surface area contributed by atoms with Crippen molar-refractivity contribution >= 4 is 32.4 Å². The molecule has 0 radical (unpaired) electrons. The van der Waals surface area contributed by atoms with Gasteiger partial charge in [0.2, 0.25) is 15.9 Å². The molecule has 0 saturated heterocycles. The lowest BCUT2D eigenvalue weighted by Gasteiger charge is -2.04. The van der Waals surface area contributed by atoms with Crippen molar-refractivity contribution in [1.29, 1.82) is 0 Å². The molecule has 3 rings (SSSR count). The number of hydrogen-bond donors (Lipinski definition) is 2. The highest BCUT2D eigenvalue weighted by atomic mass is 32.2. The molecular weight excluding hydrogens is 406 g/mol. The molecule has 152 valence electrons. The molecule has 0 fully saturated rings. The number of nitrogens with one attached hydrogen (secondary N) is 1. The summed E-state index contributed by atoms with van der Waals surface area (Å²) in [4.78, 5) is 18.0. The van der Waals surface area contributed by atoms with Gasteiger partial charge in [0.1, 0.15) is 0 Å². The van der Waals surface area contributed by atoms with Crippen LogP contribution in [-0.4, -0.2) is 19.3 Å². The summed E-state index contributed by atoms with van der Waals surface area (Å²) in [6, 6.07) is 14.3. The van der Waals surface area contributed by atoms with E-state index in [1.165, 1.54) is 29.0 Å². The predicted molar refractivity (Wildman–Crippen MR) is 116 cm³/mol. The summed E-state index contributed by atoms with van der Waals surface area (Å²) < 4.78 is 22.6. The Morgan fingerprint density at radius 2 is 1.69 bits per heavy atom. The van der Waals surface area contributed by atoms with Crippen LogP contribution in [0.2, 0.25) is 0 Å². The van der Waals surface area contributed by atoms with Gasteiger partial charge in [0, 0.05) is 10.4 Å². The van der Waals surface area contributed by atoms with Gasteiger partial charge in [-0.25, -0.2) is 18.5 Å². The molecule has 0 aliphatic rings. The number of amides is 1. The van der Waals surface area contributed by atoms with Crippen molar-refractivity contribution in [2.75, 3.05) is 5.32 Å². The van der Waals surface area contributed by atoms with Crippen molar-refractivity contribution in [1.82, 2.24) is 4.98 Å². The second-order valence-corrected chi connectivity index (χ2v) is 9.55. The first-order valence-electron chi connectivity index (χ1n) is 9.24. The van der Waals surface area contributed by atoms with E-state index in [4.69, 9.17) is 5.14 Å². The van der Waals surface area contributed by atoms with Crippen LogP contribution in [0.3, 0.4) is 0 Å². The van der Waals surface area contributed by atoms with Crippen LogP contribution in [0, 0.1) is 6.92 Å². The topological polar surface area (TPSA) is 102 Å². The summed E-state index contributed by atoms with van der Waals surface area (Å²) in [5.74, 6) is -0.216. The molecule has 8 heteroatoms. The van der Waals surface area contributed by atoms with E-state index in [0.29, 0.717) is 10.7 Å². The molecular formula is C21H23N3O3S2. The second kappa shape index (κ2) is 8.86. The molecule has 29 heavy (non-hydrogen) atoms. The van der Waals surface area contributed by atoms with Gasteiger partial charge >= 0.3 is 0 Å². The zero-order chi connectivity index (χ0) is 21.0. The Balaban J connectivity index is 1.67. The SMILES string of the molecule is CCCc1ccc(-c2nc(NC(=O)Cc3ccc(S(N)(=O)=O)cc3)sc2C)cc1. The molecule has 3 N–H and O–H groups in total. The standard InChI is InChI=1S/C21H23N3O3S2/c1-3-4-15-5-9-17(10-6-15)20-14(2)28-21(24-20)23-19(25)13-16-7-11-18(12-8-16)29(22,26)27/h5-12H,3-4,13H2,1-2H3,(H2,22,26,27)(H,23,24,25). The van der Waals surface area contributed by atoms with Gasteiger partial charge in [0.25, 0.3) is 0 Å². The molecule has 2 aromatic carbocycles. The minimum absolute atomic E-state index is 0.0202. The normalized spacial score (nSPS) is 11.4. The largest absolute Gasteiger partial charge is 0.302 e. The maximum atomic E-state index is 12.3. The molecule has 0 aliphatic carbocycles. The van der Waals surface area contributed by atoms with Crippen LogP contribution in [-0.2, 0) is 27.7 Å². The molecule has 0 spiro atoms. The smallest absolute Gasteiger partial charge is 0.238 e. The number of carbonyl (C=O) groups is 1. The van der Waals surface area contributed by atoms with Gasteiger partial charge in [-0.05, 0) is 36.6 Å². The highest BCUT2D eigenvalue weighted by Crippen LogP contribution is 2.30. The van der Waals surface area contributed by atoms with E-state index in [-0.39, 0.29) is 17.2 Å². The number of primary sulfonamides is 1. The van der Waals surface area contributed by atoms with Gasteiger partial charge in [-0.2, -0.15) is 0 Å². The van der Waals surface area contributed by atoms with Crippen LogP contribution in [0.5, 0.6) is 0 Å². The number of anilines is 1. The summed E-state index contributed by atoms with van der Waals surface area (Å²) in [5.41, 5.74) is 3.88. The molecule has 0 atom stereocenters. The maximum absolute atomic E-state index is 12.3. The third-order valence-corrected chi connectivity index (χ3v) is 6.24. The highest BCUT2D eigenvalue weighted by molar-refractivity contribution is 7.89. The van der Waals surface area contributed by atoms with E-state index in [2.05, 4.69) is 41.5 Å². The van der Waals surface area contributed by atoms with Gasteiger partial charge in [0.15, 0.2) is 5.13 Å². The number of nitrogens with two attached hydrogens (primary N) is 1. The van der Waals surface area contributed by atoms with Crippen molar-refractivity contribution in [3.05, 3.63) is 64.5 Å². The van der Waals surface area contributed by atoms with E-state index >= 15 is 0 Å². The number of aromatic nitrogens is 1. The van der Waals surface area contributed by atoms with Crippen LogP contribution >= 0.6 is 11.3 Å². The lowest BCUT2D eigenvalue weighted by Crippen LogP contribution is -2.15. The lowest BCUT2D eigenvalue weighted by molar-refractivity contribution is -0.115. The van der Waals surface area contributed by atoms with Crippen molar-refractivity contribution in [3.8, 4) is 11.3 Å². The highest BCUT2D eigenvalue weighted by Gasteiger charge is 2.13. The molecule has 1 heterocycles. The predicted octanol–water partition coefficient (Wildman–Crippen LogP) is 3.90. The number of rotatable bonds is 7. The summed E-state index contributed by atoms with van der Waals surface area (Å²) in [7, 11) is -3.74. The number of thiazole rings is 1. The average Bonchev–Trinajstić information content (AvgIpc) is 3.02. The van der Waals surface area contributed by atoms with E-state index in [1.807, 2.05) is 6.92 Å². The van der Waals surface area contributed by atoms with Crippen LogP contribution < -0.4 is 10.5 Å². The third-order valence-electron chi connectivity index (χ3n) is 4.43. The minimum atomic E-state index is -3.74. The van der Waals surface area contributed by atoms with E-state index in [1.54, 1.807) is 12.1 Å². The van der Waals surface area contributed by atoms with E-state index < -0.39 is 10.0 Å². The summed E-state index contributed by atoms with van der Waals surface area (Å²) >= 11 is 1.43. The van der Waals surface area contributed by atoms with Crippen LogP contribution in [0.1, 0.15) is 29.3 Å². The molecule has 1 aromatic heterocycles. The molecule has 1 amide bonds. The van der Waals surface area contributed by atoms with Crippen LogP contribution in [0.25, 0.3) is 11.3 Å². The number of sulfonamides is 1. The molecule has 0 unspecified atom stereocenters. The molecule has 0 saturated carbocycles. The zero-order valence-electron chi connectivity index (χ0n) is 16.3. The van der Waals surface area contributed by atoms with Gasteiger partial charge < -0.3 is 5.32 Å². The first kappa shape index (κ1) is 21.2. The summed E-state index contributed by atoms with van der Waals surface area (Å²) in [6.45, 7) is 4.14. The van der Waals surface area contributed by atoms with Crippen LogP contribution in [0.4, 0.5) is 5.13 Å². The van der Waals surface area contributed by atoms with Gasteiger partial charge in [-0.1, -0.05) is 49.7 Å². The number of benzene rings is 2. The first-order chi connectivity index (χ1) is 13.8. The minimum Gasteiger partial charge on any atom is -0.302 e. The van der Waals surface area contributed by atoms with E-state index in [9.17, 15) is 13.2 Å². The van der Waals surface area contributed by atoms with Gasteiger partial charge in [0.05, 0.1) is 17.0 Å². The second-order valence-electron chi connectivity index (χ2n) is 6.78. The Bertz CT molecular complexity index is 1100. The Morgan fingerprint density at radius 3 is 2.28 bits per heavy atom. The molecule has 0 aliphatic heterocycles. The quantitative estimate of drug-likeness (QED) is 0.594. The summed E-state index contributed by atoms with van der Waals surface area (Å²) in [5, 5.41) is 8.45. The van der Waals surface area contributed by atoms with E-state index in [0.717, 1.165) is 29.0 Å².